The van der Waals surface area contributed by atoms with Gasteiger partial charge in [0.2, 0.25) is 18.1 Å². The highest BCUT2D eigenvalue weighted by molar-refractivity contribution is 6.33. The second-order valence-electron chi connectivity index (χ2n) is 9.83. The van der Waals surface area contributed by atoms with Crippen LogP contribution < -0.4 is 16.4 Å². The Morgan fingerprint density at radius 2 is 2.03 bits per heavy atom. The van der Waals surface area contributed by atoms with Crippen LogP contribution in [0.5, 0.6) is 0 Å². The number of carbonyl (C=O) groups is 4. The fraction of sp³-hybridized carbons (Fsp3) is 0.583. The fourth-order valence-electron chi connectivity index (χ4n) is 4.25. The summed E-state index contributed by atoms with van der Waals surface area (Å²) in [7, 11) is 0. The van der Waals surface area contributed by atoms with Gasteiger partial charge in [0.1, 0.15) is 18.1 Å². The van der Waals surface area contributed by atoms with E-state index in [1.54, 1.807) is 6.92 Å². The molecule has 2 aliphatic heterocycles. The topological polar surface area (TPSA) is 140 Å². The van der Waals surface area contributed by atoms with Crippen molar-refractivity contribution >= 4 is 41.0 Å². The molecule has 2 fully saturated rings. The Morgan fingerprint density at radius 1 is 1.31 bits per heavy atom. The zero-order chi connectivity index (χ0) is 25.9. The van der Waals surface area contributed by atoms with Crippen molar-refractivity contribution in [2.45, 2.75) is 71.4 Å². The number of anilines is 1. The number of nitrogens with zero attached hydrogens (tertiary/aromatic N) is 1. The standard InChI is InChI=1S/C24H33ClN4O6/c1-5-34-23-16(12-18(30)35-23)27-21(32)17-7-6-10-29(17)22(33)19(24(2,3)4)28-20(31)13-8-9-15(26)14(25)11-13/h8-9,11,16-17,19,23H,5-7,10,12,26H2,1-4H3,(H,27,32)(H,28,31)/t16-,17-,19-,23-/m0/s1. The minimum absolute atomic E-state index is 0.00188. The molecule has 0 aliphatic carbocycles. The molecule has 4 N–H and O–H groups in total. The van der Waals surface area contributed by atoms with Crippen molar-refractivity contribution in [1.82, 2.24) is 15.5 Å². The summed E-state index contributed by atoms with van der Waals surface area (Å²) in [6.07, 6.45) is 0.255. The number of hydrogen-bond donors (Lipinski definition) is 3. The van der Waals surface area contributed by atoms with Crippen molar-refractivity contribution in [1.29, 1.82) is 0 Å². The van der Waals surface area contributed by atoms with E-state index in [1.165, 1.54) is 23.1 Å². The van der Waals surface area contributed by atoms with E-state index in [0.29, 0.717) is 31.7 Å². The molecule has 3 rings (SSSR count). The first-order chi connectivity index (χ1) is 16.4. The van der Waals surface area contributed by atoms with Crippen molar-refractivity contribution in [2.75, 3.05) is 18.9 Å². The van der Waals surface area contributed by atoms with Gasteiger partial charge in [-0.25, -0.2) is 0 Å². The second-order valence-corrected chi connectivity index (χ2v) is 10.2. The number of nitrogens with one attached hydrogen (secondary N) is 2. The number of rotatable bonds is 7. The van der Waals surface area contributed by atoms with Crippen molar-refractivity contribution < 1.29 is 28.7 Å². The summed E-state index contributed by atoms with van der Waals surface area (Å²) in [6.45, 7) is 7.98. The van der Waals surface area contributed by atoms with Gasteiger partial charge in [-0.15, -0.1) is 0 Å². The Hall–Kier alpha value is -2.85. The maximum atomic E-state index is 13.6. The normalized spacial score (nSPS) is 23.1. The third-order valence-corrected chi connectivity index (χ3v) is 6.44. The first kappa shape index (κ1) is 26.7. The molecule has 3 amide bonds. The van der Waals surface area contributed by atoms with Crippen LogP contribution in [0.2, 0.25) is 5.02 Å². The van der Waals surface area contributed by atoms with Crippen molar-refractivity contribution in [3.8, 4) is 0 Å². The lowest BCUT2D eigenvalue weighted by Gasteiger charge is -2.35. The van der Waals surface area contributed by atoms with E-state index in [4.69, 9.17) is 26.8 Å². The largest absolute Gasteiger partial charge is 0.433 e. The Balaban J connectivity index is 1.74. The Bertz CT molecular complexity index is 995. The van der Waals surface area contributed by atoms with Gasteiger partial charge in [0, 0.05) is 18.7 Å². The third kappa shape index (κ3) is 6.24. The van der Waals surface area contributed by atoms with Gasteiger partial charge in [-0.3, -0.25) is 19.2 Å². The monoisotopic (exact) mass is 508 g/mol. The smallest absolute Gasteiger partial charge is 0.310 e. The average molecular weight is 509 g/mol. The number of esters is 1. The Morgan fingerprint density at radius 3 is 2.66 bits per heavy atom. The van der Waals surface area contributed by atoms with Crippen LogP contribution in [0.1, 0.15) is 57.3 Å². The van der Waals surface area contributed by atoms with E-state index in [2.05, 4.69) is 10.6 Å². The van der Waals surface area contributed by atoms with Gasteiger partial charge in [0.05, 0.1) is 17.1 Å². The lowest BCUT2D eigenvalue weighted by Crippen LogP contribution is -2.58. The molecule has 0 aromatic heterocycles. The molecule has 0 saturated carbocycles. The van der Waals surface area contributed by atoms with Gasteiger partial charge in [-0.05, 0) is 43.4 Å². The Kier molecular flexibility index (Phi) is 8.27. The van der Waals surface area contributed by atoms with Crippen molar-refractivity contribution in [3.05, 3.63) is 28.8 Å². The number of carbonyl (C=O) groups excluding carboxylic acids is 4. The number of halogens is 1. The molecular weight excluding hydrogens is 476 g/mol. The van der Waals surface area contributed by atoms with E-state index in [1.807, 2.05) is 20.8 Å². The zero-order valence-corrected chi connectivity index (χ0v) is 21.2. The summed E-state index contributed by atoms with van der Waals surface area (Å²) in [5.74, 6) is -1.66. The van der Waals surface area contributed by atoms with Gasteiger partial charge >= 0.3 is 5.97 Å². The van der Waals surface area contributed by atoms with Gasteiger partial charge < -0.3 is 30.7 Å². The van der Waals surface area contributed by atoms with Crippen molar-refractivity contribution in [3.63, 3.8) is 0 Å². The number of hydrogen-bond acceptors (Lipinski definition) is 7. The summed E-state index contributed by atoms with van der Waals surface area (Å²) in [6, 6.07) is 2.26. The van der Waals surface area contributed by atoms with Crippen LogP contribution in [0.25, 0.3) is 0 Å². The molecule has 0 radical (unpaired) electrons. The molecule has 192 valence electrons. The highest BCUT2D eigenvalue weighted by Gasteiger charge is 2.44. The summed E-state index contributed by atoms with van der Waals surface area (Å²) in [5.41, 5.74) is 5.71. The number of nitrogens with two attached hydrogens (primary N) is 1. The summed E-state index contributed by atoms with van der Waals surface area (Å²) in [4.78, 5) is 52.9. The van der Waals surface area contributed by atoms with Crippen LogP contribution in [0.15, 0.2) is 18.2 Å². The molecule has 0 spiro atoms. The van der Waals surface area contributed by atoms with Crippen LogP contribution in [0.3, 0.4) is 0 Å². The molecule has 2 heterocycles. The van der Waals surface area contributed by atoms with Gasteiger partial charge in [0.15, 0.2) is 0 Å². The number of ether oxygens (including phenoxy) is 2. The molecule has 1 aromatic carbocycles. The summed E-state index contributed by atoms with van der Waals surface area (Å²) < 4.78 is 10.5. The lowest BCUT2D eigenvalue weighted by molar-refractivity contribution is -0.164. The highest BCUT2D eigenvalue weighted by Crippen LogP contribution is 2.27. The highest BCUT2D eigenvalue weighted by atomic mass is 35.5. The van der Waals surface area contributed by atoms with Gasteiger partial charge in [-0.2, -0.15) is 0 Å². The van der Waals surface area contributed by atoms with Crippen molar-refractivity contribution in [2.24, 2.45) is 5.41 Å². The number of amides is 3. The molecule has 0 bridgehead atoms. The van der Waals surface area contributed by atoms with Crippen LogP contribution >= 0.6 is 11.6 Å². The molecule has 4 atom stereocenters. The third-order valence-electron chi connectivity index (χ3n) is 6.11. The molecular formula is C24H33ClN4O6. The van der Waals surface area contributed by atoms with E-state index in [9.17, 15) is 19.2 Å². The number of benzene rings is 1. The van der Waals surface area contributed by atoms with E-state index in [0.717, 1.165) is 0 Å². The molecule has 10 nitrogen and oxygen atoms in total. The van der Waals surface area contributed by atoms with Crippen LogP contribution in [0, 0.1) is 5.41 Å². The minimum Gasteiger partial charge on any atom is -0.433 e. The van der Waals surface area contributed by atoms with Gasteiger partial charge in [-0.1, -0.05) is 32.4 Å². The van der Waals surface area contributed by atoms with E-state index >= 15 is 0 Å². The zero-order valence-electron chi connectivity index (χ0n) is 20.4. The summed E-state index contributed by atoms with van der Waals surface area (Å²) in [5, 5.41) is 5.86. The predicted molar refractivity (Wildman–Crippen MR) is 129 cm³/mol. The van der Waals surface area contributed by atoms with E-state index < -0.39 is 41.7 Å². The van der Waals surface area contributed by atoms with E-state index in [-0.39, 0.29) is 28.8 Å². The van der Waals surface area contributed by atoms with Crippen LogP contribution in [-0.2, 0) is 23.9 Å². The number of likely N-dealkylation sites (tertiary alicyclic amines) is 1. The minimum atomic E-state index is -0.896. The second kappa shape index (κ2) is 10.8. The fourth-order valence-corrected chi connectivity index (χ4v) is 4.43. The number of nitrogen functional groups attached to an aromatic ring is 1. The number of cyclic esters (lactones) is 1. The molecule has 35 heavy (non-hydrogen) atoms. The van der Waals surface area contributed by atoms with Crippen LogP contribution in [-0.4, -0.2) is 66.2 Å². The maximum Gasteiger partial charge on any atom is 0.310 e. The Labute approximate surface area is 209 Å². The maximum absolute atomic E-state index is 13.6. The van der Waals surface area contributed by atoms with Gasteiger partial charge in [0.25, 0.3) is 5.91 Å². The average Bonchev–Trinajstić information content (AvgIpc) is 3.39. The van der Waals surface area contributed by atoms with Crippen LogP contribution in [0.4, 0.5) is 5.69 Å². The SMILES string of the molecule is CCO[C@H]1OC(=O)C[C@@H]1NC(=O)[C@@H]1CCCN1C(=O)[C@H](NC(=O)c1ccc(N)c(Cl)c1)C(C)(C)C. The molecule has 2 aliphatic rings. The molecule has 0 unspecified atom stereocenters. The molecule has 1 aromatic rings. The predicted octanol–water partition coefficient (Wildman–Crippen LogP) is 1.85. The molecule has 11 heteroatoms. The first-order valence-electron chi connectivity index (χ1n) is 11.7. The lowest BCUT2D eigenvalue weighted by atomic mass is 9.85. The summed E-state index contributed by atoms with van der Waals surface area (Å²) >= 11 is 6.05. The quantitative estimate of drug-likeness (QED) is 0.377. The molecule has 2 saturated heterocycles. The first-order valence-corrected chi connectivity index (χ1v) is 12.1.